The van der Waals surface area contributed by atoms with Crippen LogP contribution in [0.15, 0.2) is 53.8 Å². The summed E-state index contributed by atoms with van der Waals surface area (Å²) in [6, 6.07) is 12.6. The van der Waals surface area contributed by atoms with Crippen molar-refractivity contribution in [1.29, 1.82) is 0 Å². The maximum Gasteiger partial charge on any atom is 0.166 e. The Balaban J connectivity index is 1.89. The van der Waals surface area contributed by atoms with Gasteiger partial charge in [0.15, 0.2) is 11.5 Å². The predicted octanol–water partition coefficient (Wildman–Crippen LogP) is 2.13. The smallest absolute Gasteiger partial charge is 0.166 e. The van der Waals surface area contributed by atoms with E-state index in [2.05, 4.69) is 20.5 Å². The van der Waals surface area contributed by atoms with Gasteiger partial charge in [-0.15, -0.1) is 5.10 Å². The van der Waals surface area contributed by atoms with Crippen LogP contribution in [-0.2, 0) is 0 Å². The number of aliphatic imine (C=N–C) groups is 1. The number of hydrogen-bond acceptors (Lipinski definition) is 6. The lowest BCUT2D eigenvalue weighted by molar-refractivity contribution is 0.373. The highest BCUT2D eigenvalue weighted by Crippen LogP contribution is 2.28. The van der Waals surface area contributed by atoms with Crippen LogP contribution in [0.4, 0.5) is 5.69 Å². The second-order valence-electron chi connectivity index (χ2n) is 4.43. The van der Waals surface area contributed by atoms with E-state index in [1.807, 2.05) is 24.3 Å². The molecular formula is C15H13N5O2. The van der Waals surface area contributed by atoms with Crippen LogP contribution < -0.4 is 4.74 Å². The van der Waals surface area contributed by atoms with Crippen molar-refractivity contribution in [1.82, 2.24) is 20.2 Å². The van der Waals surface area contributed by atoms with Gasteiger partial charge >= 0.3 is 0 Å². The second kappa shape index (κ2) is 6.04. The van der Waals surface area contributed by atoms with Gasteiger partial charge in [-0.3, -0.25) is 4.99 Å². The number of hydrogen-bond donors (Lipinski definition) is 1. The van der Waals surface area contributed by atoms with Gasteiger partial charge in [-0.25, -0.2) is 4.68 Å². The zero-order valence-corrected chi connectivity index (χ0v) is 11.8. The van der Waals surface area contributed by atoms with Crippen LogP contribution in [-0.4, -0.2) is 38.6 Å². The number of para-hydroxylation sites is 1. The number of aromatic hydroxyl groups is 1. The summed E-state index contributed by atoms with van der Waals surface area (Å²) in [5, 5.41) is 21.1. The molecule has 0 spiro atoms. The molecule has 0 bridgehead atoms. The maximum atomic E-state index is 10.0. The van der Waals surface area contributed by atoms with E-state index < -0.39 is 0 Å². The predicted molar refractivity (Wildman–Crippen MR) is 81.1 cm³/mol. The molecule has 0 aliphatic carbocycles. The Labute approximate surface area is 126 Å². The summed E-state index contributed by atoms with van der Waals surface area (Å²) in [6.45, 7) is 0. The minimum Gasteiger partial charge on any atom is -0.504 e. The third kappa shape index (κ3) is 2.78. The van der Waals surface area contributed by atoms with Crippen molar-refractivity contribution in [3.8, 4) is 17.2 Å². The fourth-order valence-corrected chi connectivity index (χ4v) is 1.95. The van der Waals surface area contributed by atoms with Gasteiger partial charge in [-0.1, -0.05) is 12.1 Å². The summed E-state index contributed by atoms with van der Waals surface area (Å²) in [7, 11) is 1.51. The molecule has 0 aliphatic rings. The zero-order chi connectivity index (χ0) is 15.4. The number of phenolic OH excluding ortho intramolecular Hbond substituents is 1. The first-order chi connectivity index (χ1) is 10.8. The van der Waals surface area contributed by atoms with Crippen molar-refractivity contribution in [2.45, 2.75) is 0 Å². The van der Waals surface area contributed by atoms with Crippen LogP contribution >= 0.6 is 0 Å². The normalized spacial score (nSPS) is 11.0. The van der Waals surface area contributed by atoms with Gasteiger partial charge in [0.2, 0.25) is 0 Å². The summed E-state index contributed by atoms with van der Waals surface area (Å²) in [5.41, 5.74) is 2.09. The van der Waals surface area contributed by atoms with Gasteiger partial charge in [0, 0.05) is 11.8 Å². The Hall–Kier alpha value is -3.22. The highest BCUT2D eigenvalue weighted by molar-refractivity contribution is 5.86. The largest absolute Gasteiger partial charge is 0.504 e. The maximum absolute atomic E-state index is 10.0. The van der Waals surface area contributed by atoms with Crippen molar-refractivity contribution in [2.24, 2.45) is 4.99 Å². The Bertz CT molecular complexity index is 799. The molecule has 0 unspecified atom stereocenters. The number of ether oxygens (including phenoxy) is 1. The molecule has 0 saturated heterocycles. The molecule has 0 amide bonds. The van der Waals surface area contributed by atoms with Gasteiger partial charge in [0.1, 0.15) is 6.33 Å². The van der Waals surface area contributed by atoms with Crippen molar-refractivity contribution in [3.63, 3.8) is 0 Å². The molecule has 7 heteroatoms. The molecule has 0 aliphatic heterocycles. The summed E-state index contributed by atoms with van der Waals surface area (Å²) in [5.74, 6) is 0.469. The van der Waals surface area contributed by atoms with Crippen LogP contribution in [0.5, 0.6) is 11.5 Å². The van der Waals surface area contributed by atoms with E-state index in [-0.39, 0.29) is 5.75 Å². The first-order valence-corrected chi connectivity index (χ1v) is 6.51. The summed E-state index contributed by atoms with van der Waals surface area (Å²) >= 11 is 0. The van der Waals surface area contributed by atoms with E-state index >= 15 is 0 Å². The van der Waals surface area contributed by atoms with Gasteiger partial charge < -0.3 is 9.84 Å². The molecule has 0 fully saturated rings. The highest BCUT2D eigenvalue weighted by atomic mass is 16.5. The molecule has 3 aromatic rings. The van der Waals surface area contributed by atoms with E-state index in [1.54, 1.807) is 29.1 Å². The van der Waals surface area contributed by atoms with Crippen LogP contribution in [0.2, 0.25) is 0 Å². The van der Waals surface area contributed by atoms with Crippen LogP contribution in [0.1, 0.15) is 5.56 Å². The van der Waals surface area contributed by atoms with Crippen molar-refractivity contribution in [3.05, 3.63) is 54.4 Å². The molecule has 0 atom stereocenters. The number of tetrazole rings is 1. The Morgan fingerprint density at radius 1 is 1.23 bits per heavy atom. The third-order valence-electron chi connectivity index (χ3n) is 3.05. The van der Waals surface area contributed by atoms with Crippen LogP contribution in [0, 0.1) is 0 Å². The fraction of sp³-hybridized carbons (Fsp3) is 0.0667. The summed E-state index contributed by atoms with van der Waals surface area (Å²) in [4.78, 5) is 4.36. The standard InChI is InChI=1S/C15H13N5O2/c1-22-14-7-2-4-11(15(14)21)9-16-12-5-3-6-13(8-12)20-10-17-18-19-20/h2-10,21H,1H3. The number of rotatable bonds is 4. The first kappa shape index (κ1) is 13.7. The third-order valence-corrected chi connectivity index (χ3v) is 3.05. The number of benzene rings is 2. The Kier molecular flexibility index (Phi) is 3.78. The number of phenols is 1. The lowest BCUT2D eigenvalue weighted by atomic mass is 10.2. The van der Waals surface area contributed by atoms with E-state index in [9.17, 15) is 5.11 Å². The average Bonchev–Trinajstić information content (AvgIpc) is 3.09. The average molecular weight is 295 g/mol. The minimum absolute atomic E-state index is 0.0605. The zero-order valence-electron chi connectivity index (χ0n) is 11.8. The number of nitrogens with zero attached hydrogens (tertiary/aromatic N) is 5. The lowest BCUT2D eigenvalue weighted by Crippen LogP contribution is -1.94. The number of aromatic nitrogens is 4. The molecule has 1 heterocycles. The van der Waals surface area contributed by atoms with E-state index in [4.69, 9.17) is 4.74 Å². The Morgan fingerprint density at radius 3 is 2.86 bits per heavy atom. The van der Waals surface area contributed by atoms with Crippen molar-refractivity contribution >= 4 is 11.9 Å². The minimum atomic E-state index is 0.0605. The number of methoxy groups -OCH3 is 1. The van der Waals surface area contributed by atoms with Gasteiger partial charge in [0.05, 0.1) is 18.5 Å². The van der Waals surface area contributed by atoms with E-state index in [0.717, 1.165) is 11.4 Å². The van der Waals surface area contributed by atoms with Crippen LogP contribution in [0.3, 0.4) is 0 Å². The molecule has 110 valence electrons. The first-order valence-electron chi connectivity index (χ1n) is 6.51. The van der Waals surface area contributed by atoms with Gasteiger partial charge in [-0.05, 0) is 40.8 Å². The quantitative estimate of drug-likeness (QED) is 0.745. The molecule has 7 nitrogen and oxygen atoms in total. The molecule has 1 N–H and O–H groups in total. The molecule has 22 heavy (non-hydrogen) atoms. The summed E-state index contributed by atoms with van der Waals surface area (Å²) in [6.07, 6.45) is 3.09. The SMILES string of the molecule is COc1cccc(C=Nc2cccc(-n3cnnn3)c2)c1O. The molecule has 1 aromatic heterocycles. The molecule has 0 saturated carbocycles. The molecule has 3 rings (SSSR count). The van der Waals surface area contributed by atoms with Gasteiger partial charge in [-0.2, -0.15) is 0 Å². The lowest BCUT2D eigenvalue weighted by Gasteiger charge is -2.05. The topological polar surface area (TPSA) is 85.4 Å². The van der Waals surface area contributed by atoms with Gasteiger partial charge in [0.25, 0.3) is 0 Å². The fourth-order valence-electron chi connectivity index (χ4n) is 1.95. The van der Waals surface area contributed by atoms with Crippen LogP contribution in [0.25, 0.3) is 5.69 Å². The second-order valence-corrected chi connectivity index (χ2v) is 4.43. The van der Waals surface area contributed by atoms with E-state index in [1.165, 1.54) is 13.4 Å². The van der Waals surface area contributed by atoms with Crippen molar-refractivity contribution in [2.75, 3.05) is 7.11 Å². The van der Waals surface area contributed by atoms with E-state index in [0.29, 0.717) is 11.3 Å². The summed E-state index contributed by atoms with van der Waals surface area (Å²) < 4.78 is 6.61. The highest BCUT2D eigenvalue weighted by Gasteiger charge is 2.05. The Morgan fingerprint density at radius 2 is 2.09 bits per heavy atom. The molecule has 2 aromatic carbocycles. The molecular weight excluding hydrogens is 282 g/mol. The monoisotopic (exact) mass is 295 g/mol. The molecule has 0 radical (unpaired) electrons. The van der Waals surface area contributed by atoms with Crippen molar-refractivity contribution < 1.29 is 9.84 Å².